The molecule has 1 aliphatic rings. The second kappa shape index (κ2) is 4.62. The summed E-state index contributed by atoms with van der Waals surface area (Å²) in [6.07, 6.45) is 2.60. The minimum atomic E-state index is -0.224. The van der Waals surface area contributed by atoms with E-state index in [1.807, 2.05) is 18.7 Å². The number of carbonyl (C=O) groups excluding carboxylic acids is 1. The summed E-state index contributed by atoms with van der Waals surface area (Å²) in [6.45, 7) is 4.95. The monoisotopic (exact) mass is 263 g/mol. The summed E-state index contributed by atoms with van der Waals surface area (Å²) < 4.78 is 0. The molecule has 1 fully saturated rings. The summed E-state index contributed by atoms with van der Waals surface area (Å²) in [4.78, 5) is 13.7. The number of rotatable bonds is 3. The van der Waals surface area contributed by atoms with Crippen LogP contribution in [0, 0.1) is 0 Å². The number of hydrogen-bond donors (Lipinski definition) is 1. The van der Waals surface area contributed by atoms with E-state index in [0.29, 0.717) is 6.42 Å². The minimum absolute atomic E-state index is 0.0331. The Bertz CT molecular complexity index is 218. The number of alkyl halides is 1. The first-order valence-corrected chi connectivity index (χ1v) is 5.97. The Kier molecular flexibility index (Phi) is 3.95. The molecular weight excluding hydrogens is 246 g/mol. The Hall–Kier alpha value is -0.0900. The number of aliphatic hydroxyl groups is 1. The second-order valence-electron chi connectivity index (χ2n) is 4.39. The van der Waals surface area contributed by atoms with E-state index in [9.17, 15) is 4.79 Å². The zero-order valence-corrected chi connectivity index (χ0v) is 10.4. The predicted molar refractivity (Wildman–Crippen MR) is 59.4 cm³/mol. The van der Waals surface area contributed by atoms with Gasteiger partial charge in [0.1, 0.15) is 0 Å². The quantitative estimate of drug-likeness (QED) is 0.785. The molecule has 1 heterocycles. The molecule has 1 unspecified atom stereocenters. The molecule has 0 aromatic heterocycles. The third-order valence-corrected chi connectivity index (χ3v) is 3.68. The summed E-state index contributed by atoms with van der Waals surface area (Å²) in [5.41, 5.74) is -0.224. The maximum atomic E-state index is 11.8. The van der Waals surface area contributed by atoms with E-state index < -0.39 is 0 Å². The molecule has 1 N–H and O–H groups in total. The Labute approximate surface area is 93.6 Å². The zero-order valence-electron chi connectivity index (χ0n) is 8.79. The van der Waals surface area contributed by atoms with E-state index in [1.165, 1.54) is 0 Å². The molecule has 0 radical (unpaired) electrons. The third kappa shape index (κ3) is 2.48. The van der Waals surface area contributed by atoms with Crippen molar-refractivity contribution < 1.29 is 9.90 Å². The summed E-state index contributed by atoms with van der Waals surface area (Å²) in [5.74, 6) is 0.162. The first-order chi connectivity index (χ1) is 6.49. The van der Waals surface area contributed by atoms with Crippen molar-refractivity contribution in [1.82, 2.24) is 4.90 Å². The molecule has 0 aromatic carbocycles. The van der Waals surface area contributed by atoms with E-state index in [0.717, 1.165) is 19.4 Å². The number of carbonyl (C=O) groups is 1. The number of amides is 1. The molecule has 4 heteroatoms. The van der Waals surface area contributed by atoms with E-state index in [2.05, 4.69) is 15.9 Å². The SMILES string of the molecule is CC(C)(CCO)N1CCCC(Br)C1=O. The first kappa shape index (κ1) is 12.0. The van der Waals surface area contributed by atoms with Crippen molar-refractivity contribution in [2.24, 2.45) is 0 Å². The number of nitrogens with zero attached hydrogens (tertiary/aromatic N) is 1. The normalized spacial score (nSPS) is 24.1. The van der Waals surface area contributed by atoms with Gasteiger partial charge < -0.3 is 10.0 Å². The highest BCUT2D eigenvalue weighted by Crippen LogP contribution is 2.27. The van der Waals surface area contributed by atoms with Gasteiger partial charge in [-0.3, -0.25) is 4.79 Å². The molecule has 0 spiro atoms. The highest BCUT2D eigenvalue weighted by molar-refractivity contribution is 9.10. The Balaban J connectivity index is 2.70. The number of aliphatic hydroxyl groups excluding tert-OH is 1. The number of hydrogen-bond acceptors (Lipinski definition) is 2. The van der Waals surface area contributed by atoms with Crippen LogP contribution in [0.1, 0.15) is 33.1 Å². The van der Waals surface area contributed by atoms with E-state index in [4.69, 9.17) is 5.11 Å². The van der Waals surface area contributed by atoms with Crippen LogP contribution in [0.4, 0.5) is 0 Å². The van der Waals surface area contributed by atoms with Gasteiger partial charge in [-0.05, 0) is 33.1 Å². The lowest BCUT2D eigenvalue weighted by molar-refractivity contribution is -0.138. The molecule has 14 heavy (non-hydrogen) atoms. The topological polar surface area (TPSA) is 40.5 Å². The summed E-state index contributed by atoms with van der Waals surface area (Å²) in [7, 11) is 0. The van der Waals surface area contributed by atoms with Crippen molar-refractivity contribution in [3.05, 3.63) is 0 Å². The lowest BCUT2D eigenvalue weighted by Gasteiger charge is -2.42. The van der Waals surface area contributed by atoms with Gasteiger partial charge in [0, 0.05) is 18.7 Å². The smallest absolute Gasteiger partial charge is 0.236 e. The molecule has 0 aliphatic carbocycles. The lowest BCUT2D eigenvalue weighted by Crippen LogP contribution is -2.53. The molecule has 0 bridgehead atoms. The molecule has 1 saturated heterocycles. The van der Waals surface area contributed by atoms with Gasteiger partial charge in [0.2, 0.25) is 5.91 Å². The number of halogens is 1. The van der Waals surface area contributed by atoms with Gasteiger partial charge in [0.05, 0.1) is 4.83 Å². The van der Waals surface area contributed by atoms with Crippen molar-refractivity contribution >= 4 is 21.8 Å². The first-order valence-electron chi connectivity index (χ1n) is 5.05. The van der Waals surface area contributed by atoms with E-state index in [-0.39, 0.29) is 22.9 Å². The molecule has 1 aliphatic heterocycles. The van der Waals surface area contributed by atoms with Crippen LogP contribution in [-0.2, 0) is 4.79 Å². The van der Waals surface area contributed by atoms with Crippen LogP contribution in [0.2, 0.25) is 0 Å². The van der Waals surface area contributed by atoms with Crippen LogP contribution in [0.3, 0.4) is 0 Å². The van der Waals surface area contributed by atoms with Crippen LogP contribution in [0.5, 0.6) is 0 Å². The molecule has 3 nitrogen and oxygen atoms in total. The summed E-state index contributed by atoms with van der Waals surface area (Å²) in [6, 6.07) is 0. The van der Waals surface area contributed by atoms with Crippen LogP contribution in [-0.4, -0.2) is 39.4 Å². The van der Waals surface area contributed by atoms with Gasteiger partial charge in [-0.1, -0.05) is 15.9 Å². The molecule has 1 rings (SSSR count). The third-order valence-electron chi connectivity index (χ3n) is 2.83. The van der Waals surface area contributed by atoms with Crippen LogP contribution in [0.25, 0.3) is 0 Å². The van der Waals surface area contributed by atoms with E-state index in [1.54, 1.807) is 0 Å². The highest BCUT2D eigenvalue weighted by atomic mass is 79.9. The average Bonchev–Trinajstić information content (AvgIpc) is 2.09. The maximum absolute atomic E-state index is 11.8. The largest absolute Gasteiger partial charge is 0.396 e. The molecule has 1 atom stereocenters. The number of likely N-dealkylation sites (tertiary alicyclic amines) is 1. The van der Waals surface area contributed by atoms with Crippen LogP contribution < -0.4 is 0 Å². The molecule has 82 valence electrons. The fraction of sp³-hybridized carbons (Fsp3) is 0.900. The van der Waals surface area contributed by atoms with Gasteiger partial charge in [-0.2, -0.15) is 0 Å². The van der Waals surface area contributed by atoms with Gasteiger partial charge >= 0.3 is 0 Å². The van der Waals surface area contributed by atoms with Crippen LogP contribution in [0.15, 0.2) is 0 Å². The van der Waals surface area contributed by atoms with Crippen LogP contribution >= 0.6 is 15.9 Å². The Morgan fingerprint density at radius 1 is 1.64 bits per heavy atom. The second-order valence-corrected chi connectivity index (χ2v) is 5.49. The fourth-order valence-electron chi connectivity index (χ4n) is 1.84. The number of piperidine rings is 1. The van der Waals surface area contributed by atoms with Gasteiger partial charge in [-0.25, -0.2) is 0 Å². The molecular formula is C10H18BrNO2. The van der Waals surface area contributed by atoms with Gasteiger partial charge in [0.15, 0.2) is 0 Å². The fourth-order valence-corrected chi connectivity index (χ4v) is 2.41. The Morgan fingerprint density at radius 2 is 2.29 bits per heavy atom. The zero-order chi connectivity index (χ0) is 10.8. The molecule has 0 aromatic rings. The summed E-state index contributed by atoms with van der Waals surface area (Å²) >= 11 is 3.38. The molecule has 1 amide bonds. The maximum Gasteiger partial charge on any atom is 0.236 e. The van der Waals surface area contributed by atoms with Crippen molar-refractivity contribution in [3.8, 4) is 0 Å². The van der Waals surface area contributed by atoms with Crippen molar-refractivity contribution in [2.45, 2.75) is 43.5 Å². The van der Waals surface area contributed by atoms with Crippen molar-refractivity contribution in [1.29, 1.82) is 0 Å². The van der Waals surface area contributed by atoms with Gasteiger partial charge in [0.25, 0.3) is 0 Å². The van der Waals surface area contributed by atoms with Gasteiger partial charge in [-0.15, -0.1) is 0 Å². The highest BCUT2D eigenvalue weighted by Gasteiger charge is 2.35. The van der Waals surface area contributed by atoms with Crippen molar-refractivity contribution in [3.63, 3.8) is 0 Å². The van der Waals surface area contributed by atoms with E-state index >= 15 is 0 Å². The average molecular weight is 264 g/mol. The Morgan fingerprint density at radius 3 is 2.86 bits per heavy atom. The van der Waals surface area contributed by atoms with Crippen molar-refractivity contribution in [2.75, 3.05) is 13.2 Å². The lowest BCUT2D eigenvalue weighted by atomic mass is 9.95. The predicted octanol–water partition coefficient (Wildman–Crippen LogP) is 1.53. The minimum Gasteiger partial charge on any atom is -0.396 e. The molecule has 0 saturated carbocycles. The summed E-state index contributed by atoms with van der Waals surface area (Å²) in [5, 5.41) is 8.94. The standard InChI is InChI=1S/C10H18BrNO2/c1-10(2,5-7-13)12-6-3-4-8(11)9(12)14/h8,13H,3-7H2,1-2H3.